The molecule has 2 aliphatic rings. The van der Waals surface area contributed by atoms with Crippen LogP contribution in [0.3, 0.4) is 0 Å². The molecule has 7 heteroatoms. The van der Waals surface area contributed by atoms with Gasteiger partial charge in [0.05, 0.1) is 14.2 Å². The van der Waals surface area contributed by atoms with Crippen molar-refractivity contribution in [2.45, 2.75) is 24.8 Å². The fourth-order valence-electron chi connectivity index (χ4n) is 4.44. The van der Waals surface area contributed by atoms with Gasteiger partial charge in [0.15, 0.2) is 5.78 Å². The number of Topliss-reactive ketones (excluding diaryl/α,β-unsaturated/α-hetero) is 1. The molecule has 1 aromatic heterocycles. The second-order valence-corrected chi connectivity index (χ2v) is 7.49. The summed E-state index contributed by atoms with van der Waals surface area (Å²) in [6.45, 7) is 0. The average Bonchev–Trinajstić information content (AvgIpc) is 3.25. The first kappa shape index (κ1) is 18.4. The summed E-state index contributed by atoms with van der Waals surface area (Å²) in [6.07, 6.45) is 2.68. The SMILES string of the molecule is COc1ccc([C@@H]2CC(=O)C3=C(C2)Nc2ncnn2[C@@H]3c2ccccc2OC)cc1. The summed E-state index contributed by atoms with van der Waals surface area (Å²) >= 11 is 0. The van der Waals surface area contributed by atoms with Crippen molar-refractivity contribution in [3.8, 4) is 11.5 Å². The highest BCUT2D eigenvalue weighted by Gasteiger charge is 2.40. The first-order chi connectivity index (χ1) is 14.7. The second-order valence-electron chi connectivity index (χ2n) is 7.49. The van der Waals surface area contributed by atoms with Crippen molar-refractivity contribution >= 4 is 11.7 Å². The molecule has 0 saturated heterocycles. The number of carbonyl (C=O) groups excluding carboxylic acids is 1. The highest BCUT2D eigenvalue weighted by Crippen LogP contribution is 2.45. The zero-order valence-corrected chi connectivity index (χ0v) is 16.8. The van der Waals surface area contributed by atoms with E-state index >= 15 is 0 Å². The Bertz CT molecular complexity index is 1130. The number of anilines is 1. The maximum absolute atomic E-state index is 13.4. The van der Waals surface area contributed by atoms with Gasteiger partial charge in [0.2, 0.25) is 5.95 Å². The lowest BCUT2D eigenvalue weighted by molar-refractivity contribution is -0.116. The third-order valence-electron chi connectivity index (χ3n) is 5.88. The van der Waals surface area contributed by atoms with Gasteiger partial charge in [-0.05, 0) is 36.1 Å². The molecule has 0 saturated carbocycles. The van der Waals surface area contributed by atoms with Crippen molar-refractivity contribution < 1.29 is 14.3 Å². The van der Waals surface area contributed by atoms with Gasteiger partial charge in [0.1, 0.15) is 23.9 Å². The highest BCUT2D eigenvalue weighted by molar-refractivity contribution is 6.00. The third kappa shape index (κ3) is 2.94. The van der Waals surface area contributed by atoms with Crippen LogP contribution in [-0.4, -0.2) is 34.8 Å². The Balaban J connectivity index is 1.58. The second kappa shape index (κ2) is 7.33. The average molecular weight is 402 g/mol. The number of nitrogens with zero attached hydrogens (tertiary/aromatic N) is 3. The number of hydrogen-bond acceptors (Lipinski definition) is 6. The van der Waals surface area contributed by atoms with Crippen LogP contribution < -0.4 is 14.8 Å². The van der Waals surface area contributed by atoms with E-state index in [9.17, 15) is 4.79 Å². The Hall–Kier alpha value is -3.61. The van der Waals surface area contributed by atoms with Crippen molar-refractivity contribution in [2.24, 2.45) is 0 Å². The standard InChI is InChI=1S/C23H22N4O3/c1-29-16-9-7-14(8-10-16)15-11-18-21(19(28)12-15)22(27-23(26-18)24-13-25-27)17-5-3-4-6-20(17)30-2/h3-10,13,15,22H,11-12H2,1-2H3,(H,24,25,26)/t15-,22+/m0/s1. The fourth-order valence-corrected chi connectivity index (χ4v) is 4.44. The van der Waals surface area contributed by atoms with Crippen LogP contribution in [0, 0.1) is 0 Å². The minimum atomic E-state index is -0.362. The molecule has 0 fully saturated rings. The topological polar surface area (TPSA) is 78.3 Å². The fraction of sp³-hybridized carbons (Fsp3) is 0.261. The molecule has 5 rings (SSSR count). The van der Waals surface area contributed by atoms with E-state index in [1.165, 1.54) is 6.33 Å². The number of allylic oxidation sites excluding steroid dienone is 2. The smallest absolute Gasteiger partial charge is 0.226 e. The molecule has 0 amide bonds. The predicted molar refractivity (Wildman–Crippen MR) is 112 cm³/mol. The van der Waals surface area contributed by atoms with E-state index < -0.39 is 0 Å². The van der Waals surface area contributed by atoms with E-state index in [1.54, 1.807) is 18.9 Å². The molecule has 30 heavy (non-hydrogen) atoms. The normalized spacial score (nSPS) is 20.3. The van der Waals surface area contributed by atoms with Crippen LogP contribution in [0.25, 0.3) is 0 Å². The number of para-hydroxylation sites is 1. The Morgan fingerprint density at radius 1 is 1.03 bits per heavy atom. The number of benzene rings is 2. The van der Waals surface area contributed by atoms with Crippen LogP contribution in [0.4, 0.5) is 5.95 Å². The molecule has 3 aromatic rings. The maximum Gasteiger partial charge on any atom is 0.226 e. The van der Waals surface area contributed by atoms with E-state index in [1.807, 2.05) is 48.5 Å². The number of carbonyl (C=O) groups is 1. The number of methoxy groups -OCH3 is 2. The molecule has 1 N–H and O–H groups in total. The molecule has 152 valence electrons. The van der Waals surface area contributed by atoms with Crippen LogP contribution in [0.1, 0.15) is 35.9 Å². The Morgan fingerprint density at radius 3 is 2.60 bits per heavy atom. The summed E-state index contributed by atoms with van der Waals surface area (Å²) in [4.78, 5) is 17.8. The molecule has 0 spiro atoms. The monoisotopic (exact) mass is 402 g/mol. The van der Waals surface area contributed by atoms with Gasteiger partial charge in [-0.25, -0.2) is 4.68 Å². The summed E-state index contributed by atoms with van der Waals surface area (Å²) in [5.41, 5.74) is 3.67. The van der Waals surface area contributed by atoms with Crippen LogP contribution in [0.5, 0.6) is 11.5 Å². The van der Waals surface area contributed by atoms with Crippen LogP contribution in [0.2, 0.25) is 0 Å². The summed E-state index contributed by atoms with van der Waals surface area (Å²) < 4.78 is 12.6. The summed E-state index contributed by atoms with van der Waals surface area (Å²) in [6, 6.07) is 15.3. The number of hydrogen-bond donors (Lipinski definition) is 1. The van der Waals surface area contributed by atoms with Gasteiger partial charge in [-0.1, -0.05) is 30.3 Å². The molecule has 0 bridgehead atoms. The molecular weight excluding hydrogens is 380 g/mol. The predicted octanol–water partition coefficient (Wildman–Crippen LogP) is 3.71. The molecule has 7 nitrogen and oxygen atoms in total. The zero-order chi connectivity index (χ0) is 20.7. The Kier molecular flexibility index (Phi) is 4.50. The van der Waals surface area contributed by atoms with Crippen molar-refractivity contribution in [3.05, 3.63) is 77.3 Å². The minimum Gasteiger partial charge on any atom is -0.497 e. The van der Waals surface area contributed by atoms with Crippen molar-refractivity contribution in [3.63, 3.8) is 0 Å². The van der Waals surface area contributed by atoms with Gasteiger partial charge in [0.25, 0.3) is 0 Å². The molecule has 2 heterocycles. The van der Waals surface area contributed by atoms with Crippen LogP contribution >= 0.6 is 0 Å². The molecule has 1 aliphatic carbocycles. The van der Waals surface area contributed by atoms with E-state index in [0.29, 0.717) is 12.4 Å². The lowest BCUT2D eigenvalue weighted by Crippen LogP contribution is -2.33. The summed E-state index contributed by atoms with van der Waals surface area (Å²) in [5.74, 6) is 2.38. The number of ketones is 1. The van der Waals surface area contributed by atoms with E-state index in [-0.39, 0.29) is 17.7 Å². The van der Waals surface area contributed by atoms with Crippen LogP contribution in [-0.2, 0) is 4.79 Å². The van der Waals surface area contributed by atoms with Gasteiger partial charge < -0.3 is 14.8 Å². The van der Waals surface area contributed by atoms with Gasteiger partial charge >= 0.3 is 0 Å². The molecule has 2 atom stereocenters. The lowest BCUT2D eigenvalue weighted by atomic mass is 9.78. The number of nitrogens with one attached hydrogen (secondary N) is 1. The zero-order valence-electron chi connectivity index (χ0n) is 16.8. The number of ether oxygens (including phenoxy) is 2. The van der Waals surface area contributed by atoms with Crippen molar-refractivity contribution in [2.75, 3.05) is 19.5 Å². The van der Waals surface area contributed by atoms with Gasteiger partial charge in [-0.3, -0.25) is 4.79 Å². The first-order valence-electron chi connectivity index (χ1n) is 9.89. The maximum atomic E-state index is 13.4. The number of fused-ring (bicyclic) bond motifs is 1. The van der Waals surface area contributed by atoms with E-state index in [0.717, 1.165) is 40.3 Å². The Morgan fingerprint density at radius 2 is 1.83 bits per heavy atom. The minimum absolute atomic E-state index is 0.0995. The molecule has 0 radical (unpaired) electrons. The summed E-state index contributed by atoms with van der Waals surface area (Å²) in [7, 11) is 3.29. The number of aromatic nitrogens is 3. The Labute approximate surface area is 174 Å². The van der Waals surface area contributed by atoms with Gasteiger partial charge in [0, 0.05) is 23.3 Å². The molecule has 1 aliphatic heterocycles. The number of rotatable bonds is 4. The third-order valence-corrected chi connectivity index (χ3v) is 5.88. The van der Waals surface area contributed by atoms with Crippen LogP contribution in [0.15, 0.2) is 66.1 Å². The highest BCUT2D eigenvalue weighted by atomic mass is 16.5. The lowest BCUT2D eigenvalue weighted by Gasteiger charge is -2.35. The molecule has 0 unspecified atom stereocenters. The molecule has 2 aromatic carbocycles. The van der Waals surface area contributed by atoms with Gasteiger partial charge in [-0.2, -0.15) is 10.1 Å². The van der Waals surface area contributed by atoms with Crippen molar-refractivity contribution in [1.82, 2.24) is 14.8 Å². The summed E-state index contributed by atoms with van der Waals surface area (Å²) in [5, 5.41) is 7.75. The quantitative estimate of drug-likeness (QED) is 0.717. The van der Waals surface area contributed by atoms with Gasteiger partial charge in [-0.15, -0.1) is 0 Å². The van der Waals surface area contributed by atoms with Crippen molar-refractivity contribution in [1.29, 1.82) is 0 Å². The van der Waals surface area contributed by atoms with E-state index in [2.05, 4.69) is 15.4 Å². The largest absolute Gasteiger partial charge is 0.497 e. The first-order valence-corrected chi connectivity index (χ1v) is 9.89. The van der Waals surface area contributed by atoms with E-state index in [4.69, 9.17) is 9.47 Å². The molecular formula is C23H22N4O3.